The standard InChI is InChI=1S/C13H13FN2OS/c1-9-15-10(8-18-9)6-7-13(17)16-12-5-3-2-4-11(12)14/h2-5,8H,6-7H2,1H3,(H,16,17). The van der Waals surface area contributed by atoms with Gasteiger partial charge in [0.2, 0.25) is 5.91 Å². The molecular formula is C13H13FN2OS. The molecule has 1 heterocycles. The first-order valence-corrected chi connectivity index (χ1v) is 6.48. The number of rotatable bonds is 4. The molecule has 3 nitrogen and oxygen atoms in total. The molecule has 1 aromatic carbocycles. The minimum Gasteiger partial charge on any atom is -0.324 e. The number of aromatic nitrogens is 1. The van der Waals surface area contributed by atoms with Gasteiger partial charge in [0.05, 0.1) is 16.4 Å². The minimum atomic E-state index is -0.421. The highest BCUT2D eigenvalue weighted by molar-refractivity contribution is 7.09. The third-order valence-electron chi connectivity index (χ3n) is 2.42. The van der Waals surface area contributed by atoms with Gasteiger partial charge in [-0.25, -0.2) is 9.37 Å². The average Bonchev–Trinajstić information content (AvgIpc) is 2.76. The molecule has 5 heteroatoms. The van der Waals surface area contributed by atoms with Gasteiger partial charge in [-0.05, 0) is 25.5 Å². The van der Waals surface area contributed by atoms with Crippen molar-refractivity contribution in [1.82, 2.24) is 4.98 Å². The van der Waals surface area contributed by atoms with E-state index in [-0.39, 0.29) is 11.6 Å². The number of benzene rings is 1. The normalized spacial score (nSPS) is 10.3. The van der Waals surface area contributed by atoms with Gasteiger partial charge in [0.15, 0.2) is 0 Å². The number of hydrogen-bond donors (Lipinski definition) is 1. The molecule has 0 fully saturated rings. The molecule has 0 bridgehead atoms. The fourth-order valence-corrected chi connectivity index (χ4v) is 2.19. The zero-order valence-electron chi connectivity index (χ0n) is 9.94. The van der Waals surface area contributed by atoms with E-state index in [0.717, 1.165) is 10.7 Å². The van der Waals surface area contributed by atoms with E-state index < -0.39 is 5.82 Å². The van der Waals surface area contributed by atoms with Crippen molar-refractivity contribution >= 4 is 22.9 Å². The third-order valence-corrected chi connectivity index (χ3v) is 3.25. The summed E-state index contributed by atoms with van der Waals surface area (Å²) in [6.07, 6.45) is 0.877. The highest BCUT2D eigenvalue weighted by Crippen LogP contribution is 2.14. The molecule has 0 atom stereocenters. The van der Waals surface area contributed by atoms with Gasteiger partial charge in [0.25, 0.3) is 0 Å². The smallest absolute Gasteiger partial charge is 0.224 e. The first-order chi connectivity index (χ1) is 8.65. The lowest BCUT2D eigenvalue weighted by atomic mass is 10.2. The molecule has 0 saturated heterocycles. The van der Waals surface area contributed by atoms with Gasteiger partial charge in [0, 0.05) is 11.8 Å². The maximum absolute atomic E-state index is 13.3. The zero-order valence-corrected chi connectivity index (χ0v) is 10.8. The topological polar surface area (TPSA) is 42.0 Å². The number of amides is 1. The van der Waals surface area contributed by atoms with E-state index in [4.69, 9.17) is 0 Å². The maximum Gasteiger partial charge on any atom is 0.224 e. The monoisotopic (exact) mass is 264 g/mol. The molecule has 0 saturated carbocycles. The van der Waals surface area contributed by atoms with E-state index in [1.54, 1.807) is 29.5 Å². The van der Waals surface area contributed by atoms with E-state index in [1.165, 1.54) is 6.07 Å². The SMILES string of the molecule is Cc1nc(CCC(=O)Nc2ccccc2F)cs1. The summed E-state index contributed by atoms with van der Waals surface area (Å²) in [6, 6.07) is 6.13. The first-order valence-electron chi connectivity index (χ1n) is 5.60. The Morgan fingerprint density at radius 3 is 2.89 bits per heavy atom. The second kappa shape index (κ2) is 5.73. The van der Waals surface area contributed by atoms with Crippen LogP contribution in [-0.4, -0.2) is 10.9 Å². The van der Waals surface area contributed by atoms with Crippen molar-refractivity contribution in [2.24, 2.45) is 0 Å². The molecule has 0 spiro atoms. The van der Waals surface area contributed by atoms with Crippen LogP contribution in [0.15, 0.2) is 29.6 Å². The number of nitrogens with one attached hydrogen (secondary N) is 1. The van der Waals surface area contributed by atoms with Crippen LogP contribution in [0.5, 0.6) is 0 Å². The lowest BCUT2D eigenvalue weighted by Crippen LogP contribution is -2.13. The van der Waals surface area contributed by atoms with E-state index in [0.29, 0.717) is 12.8 Å². The van der Waals surface area contributed by atoms with Crippen LogP contribution in [-0.2, 0) is 11.2 Å². The molecule has 2 aromatic rings. The highest BCUT2D eigenvalue weighted by Gasteiger charge is 2.07. The van der Waals surface area contributed by atoms with Gasteiger partial charge < -0.3 is 5.32 Å². The molecule has 1 N–H and O–H groups in total. The van der Waals surface area contributed by atoms with Crippen LogP contribution in [0.3, 0.4) is 0 Å². The van der Waals surface area contributed by atoms with Gasteiger partial charge in [-0.2, -0.15) is 0 Å². The summed E-state index contributed by atoms with van der Waals surface area (Å²) >= 11 is 1.56. The van der Waals surface area contributed by atoms with Crippen LogP contribution in [0.4, 0.5) is 10.1 Å². The molecule has 0 aliphatic rings. The number of para-hydroxylation sites is 1. The Bertz CT molecular complexity index is 553. The molecule has 94 valence electrons. The first kappa shape index (κ1) is 12.7. The number of halogens is 1. The molecule has 1 aromatic heterocycles. The summed E-state index contributed by atoms with van der Waals surface area (Å²) in [5.74, 6) is -0.624. The summed E-state index contributed by atoms with van der Waals surface area (Å²) < 4.78 is 13.3. The number of aryl methyl sites for hydroxylation is 2. The molecule has 0 aliphatic heterocycles. The summed E-state index contributed by atoms with van der Waals surface area (Å²) in [4.78, 5) is 15.9. The Balaban J connectivity index is 1.88. The maximum atomic E-state index is 13.3. The predicted octanol–water partition coefficient (Wildman–Crippen LogP) is 3.16. The van der Waals surface area contributed by atoms with Gasteiger partial charge in [-0.15, -0.1) is 11.3 Å². The van der Waals surface area contributed by atoms with Crippen LogP contribution in [0.25, 0.3) is 0 Å². The fourth-order valence-electron chi connectivity index (χ4n) is 1.54. The van der Waals surface area contributed by atoms with Crippen LogP contribution in [0.1, 0.15) is 17.1 Å². The van der Waals surface area contributed by atoms with Crippen molar-refractivity contribution in [3.05, 3.63) is 46.2 Å². The van der Waals surface area contributed by atoms with Crippen molar-refractivity contribution in [2.75, 3.05) is 5.32 Å². The largest absolute Gasteiger partial charge is 0.324 e. The van der Waals surface area contributed by atoms with Crippen molar-refractivity contribution in [3.63, 3.8) is 0 Å². The number of carbonyl (C=O) groups excluding carboxylic acids is 1. The summed E-state index contributed by atoms with van der Waals surface area (Å²) in [7, 11) is 0. The van der Waals surface area contributed by atoms with Crippen molar-refractivity contribution in [1.29, 1.82) is 0 Å². The van der Waals surface area contributed by atoms with Crippen LogP contribution in [0, 0.1) is 12.7 Å². The molecule has 0 aliphatic carbocycles. The Morgan fingerprint density at radius 1 is 1.44 bits per heavy atom. The van der Waals surface area contributed by atoms with Gasteiger partial charge in [0.1, 0.15) is 5.82 Å². The minimum absolute atomic E-state index is 0.203. The second-order valence-corrected chi connectivity index (χ2v) is 4.95. The summed E-state index contributed by atoms with van der Waals surface area (Å²) in [6.45, 7) is 1.92. The molecule has 0 unspecified atom stereocenters. The van der Waals surface area contributed by atoms with Crippen molar-refractivity contribution in [2.45, 2.75) is 19.8 Å². The fraction of sp³-hybridized carbons (Fsp3) is 0.231. The van der Waals surface area contributed by atoms with Crippen molar-refractivity contribution < 1.29 is 9.18 Å². The van der Waals surface area contributed by atoms with Crippen LogP contribution in [0.2, 0.25) is 0 Å². The molecular weight excluding hydrogens is 251 g/mol. The molecule has 2 rings (SSSR count). The number of hydrogen-bond acceptors (Lipinski definition) is 3. The van der Waals surface area contributed by atoms with E-state index >= 15 is 0 Å². The van der Waals surface area contributed by atoms with Crippen molar-refractivity contribution in [3.8, 4) is 0 Å². The molecule has 0 radical (unpaired) electrons. The molecule has 1 amide bonds. The van der Waals surface area contributed by atoms with E-state index in [1.807, 2.05) is 12.3 Å². The number of nitrogens with zero attached hydrogens (tertiary/aromatic N) is 1. The van der Waals surface area contributed by atoms with Gasteiger partial charge in [-0.1, -0.05) is 12.1 Å². The number of carbonyl (C=O) groups is 1. The van der Waals surface area contributed by atoms with Crippen LogP contribution < -0.4 is 5.32 Å². The lowest BCUT2D eigenvalue weighted by molar-refractivity contribution is -0.116. The zero-order chi connectivity index (χ0) is 13.0. The quantitative estimate of drug-likeness (QED) is 0.921. The summed E-state index contributed by atoms with van der Waals surface area (Å²) in [5.41, 5.74) is 1.12. The second-order valence-electron chi connectivity index (χ2n) is 3.89. The van der Waals surface area contributed by atoms with Crippen LogP contribution >= 0.6 is 11.3 Å². The van der Waals surface area contributed by atoms with Gasteiger partial charge >= 0.3 is 0 Å². The van der Waals surface area contributed by atoms with E-state index in [2.05, 4.69) is 10.3 Å². The Kier molecular flexibility index (Phi) is 4.04. The Morgan fingerprint density at radius 2 is 2.22 bits per heavy atom. The van der Waals surface area contributed by atoms with E-state index in [9.17, 15) is 9.18 Å². The number of thiazole rings is 1. The lowest BCUT2D eigenvalue weighted by Gasteiger charge is -2.05. The Hall–Kier alpha value is -1.75. The third kappa shape index (κ3) is 3.37. The number of anilines is 1. The Labute approximate surface area is 109 Å². The predicted molar refractivity (Wildman–Crippen MR) is 70.2 cm³/mol. The average molecular weight is 264 g/mol. The molecule has 18 heavy (non-hydrogen) atoms. The van der Waals surface area contributed by atoms with Gasteiger partial charge in [-0.3, -0.25) is 4.79 Å². The summed E-state index contributed by atoms with van der Waals surface area (Å²) in [5, 5.41) is 5.47. The highest BCUT2D eigenvalue weighted by atomic mass is 32.1.